The molecular weight excluding hydrogens is 540 g/mol. The Kier molecular flexibility index (Phi) is 7.30. The monoisotopic (exact) mass is 568 g/mol. The number of methoxy groups -OCH3 is 1. The first-order valence-corrected chi connectivity index (χ1v) is 13.2. The summed E-state index contributed by atoms with van der Waals surface area (Å²) in [6.07, 6.45) is 0.841. The number of halogens is 1. The van der Waals surface area contributed by atoms with Gasteiger partial charge in [-0.15, -0.1) is 0 Å². The second kappa shape index (κ2) is 10.6. The van der Waals surface area contributed by atoms with Crippen LogP contribution in [0.4, 0.5) is 5.69 Å². The number of carbonyl (C=O) groups excluding carboxylic acids is 4. The first kappa shape index (κ1) is 25.4. The normalized spacial score (nSPS) is 20.2. The second-order valence-corrected chi connectivity index (χ2v) is 10.5. The van der Waals surface area contributed by atoms with E-state index in [0.717, 1.165) is 30.7 Å². The number of anilines is 1. The molecule has 37 heavy (non-hydrogen) atoms. The van der Waals surface area contributed by atoms with Crippen LogP contribution in [0, 0.1) is 0 Å². The van der Waals surface area contributed by atoms with Gasteiger partial charge in [0.15, 0.2) is 5.78 Å². The van der Waals surface area contributed by atoms with Gasteiger partial charge in [0.2, 0.25) is 11.8 Å². The Morgan fingerprint density at radius 1 is 1.08 bits per heavy atom. The fourth-order valence-electron chi connectivity index (χ4n) is 5.28. The molecule has 2 saturated heterocycles. The number of piperazine rings is 1. The topological polar surface area (TPSA) is 99.3 Å². The number of piperidine rings is 1. The zero-order chi connectivity index (χ0) is 26.1. The van der Waals surface area contributed by atoms with Crippen molar-refractivity contribution in [2.75, 3.05) is 44.7 Å². The summed E-state index contributed by atoms with van der Waals surface area (Å²) in [5.41, 5.74) is 2.75. The Hall–Kier alpha value is -3.24. The number of Topliss-reactive ketones (excluding diaryl/α,β-unsaturated/α-hetero) is 1. The highest BCUT2D eigenvalue weighted by Gasteiger charge is 2.41. The van der Waals surface area contributed by atoms with E-state index in [1.54, 1.807) is 12.1 Å². The van der Waals surface area contributed by atoms with Gasteiger partial charge in [-0.3, -0.25) is 29.4 Å². The van der Waals surface area contributed by atoms with E-state index in [1.807, 2.05) is 12.1 Å². The number of nitrogens with zero attached hydrogens (tertiary/aromatic N) is 3. The minimum atomic E-state index is -0.711. The van der Waals surface area contributed by atoms with Gasteiger partial charge >= 0.3 is 0 Å². The van der Waals surface area contributed by atoms with Crippen LogP contribution < -0.4 is 15.0 Å². The van der Waals surface area contributed by atoms with E-state index >= 15 is 0 Å². The highest BCUT2D eigenvalue weighted by Crippen LogP contribution is 2.35. The van der Waals surface area contributed by atoms with Gasteiger partial charge in [-0.2, -0.15) is 0 Å². The number of imide groups is 1. The molecule has 3 heterocycles. The standard InChI is InChI=1S/C27H29BrN4O5/c1-37-23-15-17(14-18-16-32(27(36)25(18)23)21-6-7-24(34)29-26(21)35)22(33)8-9-30-10-12-31(13-11-30)20-4-2-19(28)3-5-20/h2-5,14-15,21H,6-13,16H2,1H3,(H,29,34,35). The number of hydrogen-bond donors (Lipinski definition) is 1. The lowest BCUT2D eigenvalue weighted by Gasteiger charge is -2.36. The maximum atomic E-state index is 13.1. The van der Waals surface area contributed by atoms with E-state index in [1.165, 1.54) is 17.7 Å². The highest BCUT2D eigenvalue weighted by atomic mass is 79.9. The van der Waals surface area contributed by atoms with Crippen LogP contribution in [-0.2, 0) is 16.1 Å². The van der Waals surface area contributed by atoms with E-state index < -0.39 is 11.9 Å². The van der Waals surface area contributed by atoms with Crippen LogP contribution in [0.25, 0.3) is 0 Å². The Labute approximate surface area is 223 Å². The Morgan fingerprint density at radius 3 is 2.49 bits per heavy atom. The molecule has 3 aliphatic heterocycles. The van der Waals surface area contributed by atoms with Gasteiger partial charge < -0.3 is 14.5 Å². The molecule has 9 nitrogen and oxygen atoms in total. The minimum Gasteiger partial charge on any atom is -0.496 e. The van der Waals surface area contributed by atoms with Crippen LogP contribution in [0.2, 0.25) is 0 Å². The molecule has 0 bridgehead atoms. The van der Waals surface area contributed by atoms with Crippen molar-refractivity contribution >= 4 is 45.1 Å². The van der Waals surface area contributed by atoms with E-state index in [9.17, 15) is 19.2 Å². The number of fused-ring (bicyclic) bond motifs is 1. The van der Waals surface area contributed by atoms with Crippen molar-refractivity contribution in [1.29, 1.82) is 0 Å². The van der Waals surface area contributed by atoms with Gasteiger partial charge in [-0.25, -0.2) is 0 Å². The van der Waals surface area contributed by atoms with Crippen LogP contribution in [0.3, 0.4) is 0 Å². The predicted octanol–water partition coefficient (Wildman–Crippen LogP) is 2.61. The summed E-state index contributed by atoms with van der Waals surface area (Å²) in [4.78, 5) is 56.3. The van der Waals surface area contributed by atoms with E-state index in [4.69, 9.17) is 4.74 Å². The molecule has 1 atom stereocenters. The summed E-state index contributed by atoms with van der Waals surface area (Å²) >= 11 is 3.47. The zero-order valence-corrected chi connectivity index (χ0v) is 22.3. The third kappa shape index (κ3) is 5.26. The van der Waals surface area contributed by atoms with Crippen molar-refractivity contribution in [3.05, 3.63) is 57.6 Å². The Bertz CT molecular complexity index is 1240. The highest BCUT2D eigenvalue weighted by molar-refractivity contribution is 9.10. The molecule has 3 aliphatic rings. The van der Waals surface area contributed by atoms with Crippen molar-refractivity contribution in [3.8, 4) is 5.75 Å². The molecule has 5 rings (SSSR count). The number of carbonyl (C=O) groups is 4. The lowest BCUT2D eigenvalue weighted by atomic mass is 10.0. The summed E-state index contributed by atoms with van der Waals surface area (Å²) in [6, 6.07) is 11.0. The molecule has 0 aromatic heterocycles. The van der Waals surface area contributed by atoms with E-state index in [2.05, 4.69) is 43.2 Å². The molecule has 1 N–H and O–H groups in total. The van der Waals surface area contributed by atoms with Crippen LogP contribution in [0.5, 0.6) is 5.75 Å². The number of amides is 3. The van der Waals surface area contributed by atoms with Crippen LogP contribution >= 0.6 is 15.9 Å². The number of hydrogen-bond acceptors (Lipinski definition) is 7. The molecule has 1 unspecified atom stereocenters. The van der Waals surface area contributed by atoms with Crippen LogP contribution in [0.1, 0.15) is 45.5 Å². The van der Waals surface area contributed by atoms with Crippen molar-refractivity contribution in [1.82, 2.24) is 15.1 Å². The van der Waals surface area contributed by atoms with Gasteiger partial charge in [0.1, 0.15) is 11.8 Å². The Balaban J connectivity index is 1.21. The summed E-state index contributed by atoms with van der Waals surface area (Å²) in [5.74, 6) is -0.783. The number of nitrogens with one attached hydrogen (secondary N) is 1. The fraction of sp³-hybridized carbons (Fsp3) is 0.407. The number of ketones is 1. The maximum absolute atomic E-state index is 13.1. The zero-order valence-electron chi connectivity index (χ0n) is 20.7. The molecular formula is C27H29BrN4O5. The molecule has 10 heteroatoms. The maximum Gasteiger partial charge on any atom is 0.258 e. The van der Waals surface area contributed by atoms with Gasteiger partial charge in [0.25, 0.3) is 5.91 Å². The molecule has 0 saturated carbocycles. The summed E-state index contributed by atoms with van der Waals surface area (Å²) in [5, 5.41) is 2.31. The van der Waals surface area contributed by atoms with Crippen molar-refractivity contribution in [2.45, 2.75) is 31.8 Å². The van der Waals surface area contributed by atoms with Crippen molar-refractivity contribution in [3.63, 3.8) is 0 Å². The molecule has 3 amide bonds. The third-order valence-corrected chi connectivity index (χ3v) is 7.88. The van der Waals surface area contributed by atoms with E-state index in [0.29, 0.717) is 35.4 Å². The quantitative estimate of drug-likeness (QED) is 0.405. The Morgan fingerprint density at radius 2 is 1.81 bits per heavy atom. The lowest BCUT2D eigenvalue weighted by Crippen LogP contribution is -2.52. The SMILES string of the molecule is COc1cc(C(=O)CCN2CCN(c3ccc(Br)cc3)CC2)cc2c1C(=O)N(C1CCC(=O)NC1=O)C2. The van der Waals surface area contributed by atoms with E-state index in [-0.39, 0.29) is 37.0 Å². The molecule has 0 radical (unpaired) electrons. The number of ether oxygens (including phenoxy) is 1. The molecule has 2 aromatic rings. The summed E-state index contributed by atoms with van der Waals surface area (Å²) < 4.78 is 6.54. The lowest BCUT2D eigenvalue weighted by molar-refractivity contribution is -0.136. The second-order valence-electron chi connectivity index (χ2n) is 9.59. The first-order valence-electron chi connectivity index (χ1n) is 12.5. The van der Waals surface area contributed by atoms with Gasteiger partial charge in [0.05, 0.1) is 12.7 Å². The van der Waals surface area contributed by atoms with Crippen molar-refractivity contribution in [2.24, 2.45) is 0 Å². The number of rotatable bonds is 7. The van der Waals surface area contributed by atoms with Crippen LogP contribution in [-0.4, -0.2) is 79.2 Å². The van der Waals surface area contributed by atoms with Crippen LogP contribution in [0.15, 0.2) is 40.9 Å². The minimum absolute atomic E-state index is 0.0108. The molecule has 2 fully saturated rings. The van der Waals surface area contributed by atoms with Crippen molar-refractivity contribution < 1.29 is 23.9 Å². The first-order chi connectivity index (χ1) is 17.8. The largest absolute Gasteiger partial charge is 0.496 e. The molecule has 0 aliphatic carbocycles. The molecule has 2 aromatic carbocycles. The van der Waals surface area contributed by atoms with Gasteiger partial charge in [0, 0.05) is 67.8 Å². The summed E-state index contributed by atoms with van der Waals surface area (Å²) in [7, 11) is 1.47. The van der Waals surface area contributed by atoms with Gasteiger partial charge in [-0.1, -0.05) is 15.9 Å². The smallest absolute Gasteiger partial charge is 0.258 e. The summed E-state index contributed by atoms with van der Waals surface area (Å²) in [6.45, 7) is 4.43. The molecule has 194 valence electrons. The molecule has 0 spiro atoms. The average Bonchev–Trinajstić information content (AvgIpc) is 3.23. The van der Waals surface area contributed by atoms with Gasteiger partial charge in [-0.05, 0) is 48.4 Å². The third-order valence-electron chi connectivity index (χ3n) is 7.35. The average molecular weight is 569 g/mol. The predicted molar refractivity (Wildman–Crippen MR) is 141 cm³/mol. The fourth-order valence-corrected chi connectivity index (χ4v) is 5.54. The number of benzene rings is 2.